The van der Waals surface area contributed by atoms with Crippen molar-refractivity contribution < 1.29 is 19.1 Å². The second-order valence-electron chi connectivity index (χ2n) is 11.6. The number of piperazine rings is 1. The summed E-state index contributed by atoms with van der Waals surface area (Å²) in [7, 11) is 0. The van der Waals surface area contributed by atoms with Gasteiger partial charge in [0.2, 0.25) is 0 Å². The molecule has 1 fully saturated rings. The number of aromatic nitrogens is 2. The zero-order valence-electron chi connectivity index (χ0n) is 22.7. The minimum absolute atomic E-state index is 0.169. The van der Waals surface area contributed by atoms with Gasteiger partial charge in [0, 0.05) is 38.0 Å². The van der Waals surface area contributed by atoms with Gasteiger partial charge in [0.25, 0.3) is 0 Å². The lowest BCUT2D eigenvalue weighted by atomic mass is 10.0. The van der Waals surface area contributed by atoms with E-state index >= 15 is 0 Å². The molecule has 0 bridgehead atoms. The molecule has 1 unspecified atom stereocenters. The molecule has 8 heteroatoms. The highest BCUT2D eigenvalue weighted by molar-refractivity contribution is 5.89. The number of benzene rings is 2. The van der Waals surface area contributed by atoms with Crippen LogP contribution in [-0.4, -0.2) is 68.6 Å². The summed E-state index contributed by atoms with van der Waals surface area (Å²) in [6, 6.07) is 17.8. The fourth-order valence-electron chi connectivity index (χ4n) is 4.59. The summed E-state index contributed by atoms with van der Waals surface area (Å²) >= 11 is 0. The highest BCUT2D eigenvalue weighted by Crippen LogP contribution is 2.25. The van der Waals surface area contributed by atoms with E-state index in [2.05, 4.69) is 22.1 Å². The van der Waals surface area contributed by atoms with Gasteiger partial charge < -0.3 is 14.4 Å². The molecule has 1 aliphatic rings. The zero-order chi connectivity index (χ0) is 26.8. The summed E-state index contributed by atoms with van der Waals surface area (Å²) < 4.78 is 12.7. The van der Waals surface area contributed by atoms with Gasteiger partial charge in [0.05, 0.1) is 17.3 Å². The minimum Gasteiger partial charge on any atom is -0.444 e. The highest BCUT2D eigenvalue weighted by atomic mass is 16.6. The predicted octanol–water partition coefficient (Wildman–Crippen LogP) is 5.48. The fourth-order valence-corrected chi connectivity index (χ4v) is 4.59. The number of amides is 1. The summed E-state index contributed by atoms with van der Waals surface area (Å²) in [5, 5.41) is 5.56. The Labute approximate surface area is 219 Å². The van der Waals surface area contributed by atoms with Gasteiger partial charge in [-0.15, -0.1) is 0 Å². The van der Waals surface area contributed by atoms with Crippen molar-refractivity contribution in [2.75, 3.05) is 19.6 Å². The first-order valence-corrected chi connectivity index (χ1v) is 12.9. The predicted molar refractivity (Wildman–Crippen MR) is 144 cm³/mol. The molecule has 2 aromatic carbocycles. The molecule has 1 saturated heterocycles. The molecule has 3 aromatic rings. The van der Waals surface area contributed by atoms with Crippen molar-refractivity contribution in [3.63, 3.8) is 0 Å². The average Bonchev–Trinajstić information content (AvgIpc) is 3.16. The third-order valence-corrected chi connectivity index (χ3v) is 6.10. The zero-order valence-corrected chi connectivity index (χ0v) is 22.7. The third kappa shape index (κ3) is 6.89. The molecule has 4 rings (SSSR count). The summed E-state index contributed by atoms with van der Waals surface area (Å²) in [5.41, 5.74) is 1.44. The summed E-state index contributed by atoms with van der Waals surface area (Å²) in [4.78, 5) is 30.3. The number of para-hydroxylation sites is 1. The Bertz CT molecular complexity index is 1240. The number of nitrogens with zero attached hydrogens (tertiary/aromatic N) is 4. The molecule has 1 aliphatic heterocycles. The number of ether oxygens (including phenoxy) is 2. The van der Waals surface area contributed by atoms with Crippen LogP contribution in [0.2, 0.25) is 0 Å². The van der Waals surface area contributed by atoms with Crippen molar-refractivity contribution in [1.29, 1.82) is 0 Å². The van der Waals surface area contributed by atoms with Crippen LogP contribution in [0.5, 0.6) is 0 Å². The molecule has 37 heavy (non-hydrogen) atoms. The number of hydrogen-bond acceptors (Lipinski definition) is 6. The van der Waals surface area contributed by atoms with E-state index in [9.17, 15) is 9.59 Å². The van der Waals surface area contributed by atoms with Gasteiger partial charge in [-0.1, -0.05) is 48.5 Å². The first kappa shape index (κ1) is 26.7. The third-order valence-electron chi connectivity index (χ3n) is 6.10. The van der Waals surface area contributed by atoms with Crippen molar-refractivity contribution in [3.8, 4) is 0 Å². The van der Waals surface area contributed by atoms with Crippen molar-refractivity contribution >= 4 is 23.1 Å². The molecular weight excluding hydrogens is 468 g/mol. The second kappa shape index (κ2) is 10.5. The van der Waals surface area contributed by atoms with Gasteiger partial charge in [-0.2, -0.15) is 9.78 Å². The van der Waals surface area contributed by atoms with E-state index in [4.69, 9.17) is 9.47 Å². The average molecular weight is 507 g/mol. The van der Waals surface area contributed by atoms with Crippen molar-refractivity contribution in [2.45, 2.75) is 71.8 Å². The SMILES string of the molecule is CC(C)(C)OC(=O)N1CCN(Cc2ccccc2)CC1Cc1nn(C(=O)OC(C)(C)C)c2ccccc12. The molecule has 1 atom stereocenters. The molecule has 0 saturated carbocycles. The maximum Gasteiger partial charge on any atom is 0.435 e. The topological polar surface area (TPSA) is 76.9 Å². The van der Waals surface area contributed by atoms with E-state index in [1.807, 2.05) is 88.9 Å². The smallest absolute Gasteiger partial charge is 0.435 e. The van der Waals surface area contributed by atoms with Crippen LogP contribution in [0.25, 0.3) is 10.9 Å². The Morgan fingerprint density at radius 3 is 2.16 bits per heavy atom. The van der Waals surface area contributed by atoms with Gasteiger partial charge >= 0.3 is 12.2 Å². The van der Waals surface area contributed by atoms with Crippen LogP contribution in [0, 0.1) is 0 Å². The lowest BCUT2D eigenvalue weighted by Crippen LogP contribution is -2.56. The molecule has 0 spiro atoms. The van der Waals surface area contributed by atoms with E-state index in [1.54, 1.807) is 0 Å². The van der Waals surface area contributed by atoms with Crippen LogP contribution >= 0.6 is 0 Å². The lowest BCUT2D eigenvalue weighted by molar-refractivity contribution is -0.00251. The van der Waals surface area contributed by atoms with Crippen LogP contribution < -0.4 is 0 Å². The van der Waals surface area contributed by atoms with Crippen LogP contribution in [-0.2, 0) is 22.4 Å². The van der Waals surface area contributed by atoms with Gasteiger partial charge in [-0.3, -0.25) is 4.90 Å². The van der Waals surface area contributed by atoms with Crippen molar-refractivity contribution in [1.82, 2.24) is 19.6 Å². The molecule has 0 radical (unpaired) electrons. The van der Waals surface area contributed by atoms with E-state index in [-0.39, 0.29) is 12.1 Å². The molecule has 1 aromatic heterocycles. The normalized spacial score (nSPS) is 17.1. The van der Waals surface area contributed by atoms with E-state index in [1.165, 1.54) is 10.2 Å². The highest BCUT2D eigenvalue weighted by Gasteiger charge is 2.35. The number of carbonyl (C=O) groups is 2. The molecular formula is C29H38N4O4. The van der Waals surface area contributed by atoms with E-state index in [0.717, 1.165) is 24.2 Å². The Balaban J connectivity index is 1.63. The quantitative estimate of drug-likeness (QED) is 0.466. The number of hydrogen-bond donors (Lipinski definition) is 0. The lowest BCUT2D eigenvalue weighted by Gasteiger charge is -2.41. The fraction of sp³-hybridized carbons (Fsp3) is 0.483. The van der Waals surface area contributed by atoms with E-state index in [0.29, 0.717) is 25.0 Å². The Morgan fingerprint density at radius 2 is 1.49 bits per heavy atom. The molecule has 198 valence electrons. The molecule has 0 N–H and O–H groups in total. The largest absolute Gasteiger partial charge is 0.444 e. The Kier molecular flexibility index (Phi) is 7.59. The maximum absolute atomic E-state index is 13.2. The van der Waals surface area contributed by atoms with Gasteiger partial charge in [0.15, 0.2) is 0 Å². The molecule has 2 heterocycles. The molecule has 8 nitrogen and oxygen atoms in total. The van der Waals surface area contributed by atoms with Crippen LogP contribution in [0.1, 0.15) is 52.8 Å². The summed E-state index contributed by atoms with van der Waals surface area (Å²) in [5.74, 6) is 0. The van der Waals surface area contributed by atoms with E-state index < -0.39 is 17.3 Å². The van der Waals surface area contributed by atoms with Crippen molar-refractivity contribution in [2.24, 2.45) is 0 Å². The van der Waals surface area contributed by atoms with Crippen LogP contribution in [0.4, 0.5) is 9.59 Å². The van der Waals surface area contributed by atoms with Gasteiger partial charge in [-0.05, 0) is 53.2 Å². The Morgan fingerprint density at radius 1 is 0.865 bits per heavy atom. The Hall–Kier alpha value is -3.39. The minimum atomic E-state index is -0.640. The molecule has 1 amide bonds. The monoisotopic (exact) mass is 506 g/mol. The van der Waals surface area contributed by atoms with Gasteiger partial charge in [-0.25, -0.2) is 9.59 Å². The summed E-state index contributed by atoms with van der Waals surface area (Å²) in [6.07, 6.45) is -0.359. The maximum atomic E-state index is 13.2. The number of rotatable bonds is 4. The first-order chi connectivity index (χ1) is 17.4. The standard InChI is InChI=1S/C29H38N4O4/c1-28(2,3)36-26(34)32-17-16-31(19-21-12-8-7-9-13-21)20-22(32)18-24-23-14-10-11-15-25(23)33(30-24)27(35)37-29(4,5)6/h7-15,22H,16-20H2,1-6H3. The second-order valence-corrected chi connectivity index (χ2v) is 11.6. The van der Waals surface area contributed by atoms with Crippen LogP contribution in [0.15, 0.2) is 54.6 Å². The molecule has 0 aliphatic carbocycles. The van der Waals surface area contributed by atoms with Gasteiger partial charge in [0.1, 0.15) is 11.2 Å². The first-order valence-electron chi connectivity index (χ1n) is 12.9. The summed E-state index contributed by atoms with van der Waals surface area (Å²) in [6.45, 7) is 13.9. The number of carbonyl (C=O) groups excluding carboxylic acids is 2. The van der Waals surface area contributed by atoms with Crippen LogP contribution in [0.3, 0.4) is 0 Å². The van der Waals surface area contributed by atoms with Crippen molar-refractivity contribution in [3.05, 3.63) is 65.9 Å². The number of fused-ring (bicyclic) bond motifs is 1.